The highest BCUT2D eigenvalue weighted by Gasteiger charge is 2.11. The normalized spacial score (nSPS) is 12.2. The van der Waals surface area contributed by atoms with E-state index in [0.717, 1.165) is 5.75 Å². The number of ether oxygens (including phenoxy) is 2. The van der Waals surface area contributed by atoms with Gasteiger partial charge < -0.3 is 14.4 Å². The van der Waals surface area contributed by atoms with Crippen LogP contribution in [0.15, 0.2) is 36.5 Å². The summed E-state index contributed by atoms with van der Waals surface area (Å²) < 4.78 is 10.6. The van der Waals surface area contributed by atoms with Crippen LogP contribution in [0.3, 0.4) is 0 Å². The standard InChI is InChI=1S/C14H19NO3/c1-11(14(16)9-10-15(2)3)18-13-7-5-12(17-4)6-8-13/h5-11H,1-4H3/b10-9+/t11-/m0/s1. The van der Waals surface area contributed by atoms with Gasteiger partial charge in [0.25, 0.3) is 0 Å². The molecule has 0 bridgehead atoms. The zero-order valence-electron chi connectivity index (χ0n) is 11.2. The van der Waals surface area contributed by atoms with Crippen LogP contribution in [0.25, 0.3) is 0 Å². The fourth-order valence-electron chi connectivity index (χ4n) is 1.27. The molecule has 98 valence electrons. The SMILES string of the molecule is COc1ccc(O[C@@H](C)C(=O)/C=C/N(C)C)cc1. The Hall–Kier alpha value is -1.97. The van der Waals surface area contributed by atoms with Gasteiger partial charge >= 0.3 is 0 Å². The number of hydrogen-bond donors (Lipinski definition) is 0. The average molecular weight is 249 g/mol. The van der Waals surface area contributed by atoms with Gasteiger partial charge in [-0.2, -0.15) is 0 Å². The van der Waals surface area contributed by atoms with Gasteiger partial charge in [0.15, 0.2) is 11.9 Å². The second kappa shape index (κ2) is 6.69. The summed E-state index contributed by atoms with van der Waals surface area (Å²) in [5, 5.41) is 0. The summed E-state index contributed by atoms with van der Waals surface area (Å²) in [6, 6.07) is 7.14. The number of carbonyl (C=O) groups is 1. The first-order valence-electron chi connectivity index (χ1n) is 5.72. The van der Waals surface area contributed by atoms with Crippen molar-refractivity contribution in [1.29, 1.82) is 0 Å². The number of carbonyl (C=O) groups excluding carboxylic acids is 1. The smallest absolute Gasteiger partial charge is 0.197 e. The summed E-state index contributed by atoms with van der Waals surface area (Å²) in [5.41, 5.74) is 0. The number of nitrogens with zero attached hydrogens (tertiary/aromatic N) is 1. The lowest BCUT2D eigenvalue weighted by Crippen LogP contribution is -2.22. The molecule has 0 spiro atoms. The van der Waals surface area contributed by atoms with Crippen molar-refractivity contribution in [1.82, 2.24) is 4.90 Å². The quantitative estimate of drug-likeness (QED) is 0.724. The number of methoxy groups -OCH3 is 1. The van der Waals surface area contributed by atoms with Gasteiger partial charge in [0, 0.05) is 26.4 Å². The summed E-state index contributed by atoms with van der Waals surface area (Å²) >= 11 is 0. The van der Waals surface area contributed by atoms with Gasteiger partial charge in [-0.25, -0.2) is 0 Å². The van der Waals surface area contributed by atoms with Crippen molar-refractivity contribution in [3.63, 3.8) is 0 Å². The Morgan fingerprint density at radius 2 is 1.78 bits per heavy atom. The largest absolute Gasteiger partial charge is 0.497 e. The van der Waals surface area contributed by atoms with Crippen molar-refractivity contribution in [3.8, 4) is 11.5 Å². The minimum atomic E-state index is -0.505. The number of rotatable bonds is 6. The molecule has 4 nitrogen and oxygen atoms in total. The van der Waals surface area contributed by atoms with Crippen LogP contribution in [0.2, 0.25) is 0 Å². The first-order chi connectivity index (χ1) is 8.52. The topological polar surface area (TPSA) is 38.8 Å². The first-order valence-corrected chi connectivity index (χ1v) is 5.72. The molecule has 0 aliphatic rings. The van der Waals surface area contributed by atoms with Crippen LogP contribution in [0.4, 0.5) is 0 Å². The maximum Gasteiger partial charge on any atom is 0.197 e. The van der Waals surface area contributed by atoms with E-state index in [2.05, 4.69) is 0 Å². The second-order valence-electron chi connectivity index (χ2n) is 4.12. The highest BCUT2D eigenvalue weighted by atomic mass is 16.5. The lowest BCUT2D eigenvalue weighted by atomic mass is 10.2. The lowest BCUT2D eigenvalue weighted by Gasteiger charge is -2.12. The van der Waals surface area contributed by atoms with Gasteiger partial charge in [0.1, 0.15) is 11.5 Å². The van der Waals surface area contributed by atoms with Gasteiger partial charge in [0.05, 0.1) is 7.11 Å². The molecule has 0 aliphatic carbocycles. The average Bonchev–Trinajstić information content (AvgIpc) is 2.36. The molecule has 0 N–H and O–H groups in total. The Labute approximate surface area is 108 Å². The van der Waals surface area contributed by atoms with E-state index in [1.807, 2.05) is 14.1 Å². The van der Waals surface area contributed by atoms with Crippen LogP contribution in [0.1, 0.15) is 6.92 Å². The lowest BCUT2D eigenvalue weighted by molar-refractivity contribution is -0.120. The van der Waals surface area contributed by atoms with E-state index in [-0.39, 0.29) is 5.78 Å². The summed E-state index contributed by atoms with van der Waals surface area (Å²) in [6.07, 6.45) is 2.71. The van der Waals surface area contributed by atoms with E-state index in [1.54, 1.807) is 49.4 Å². The molecule has 0 amide bonds. The number of hydrogen-bond acceptors (Lipinski definition) is 4. The van der Waals surface area contributed by atoms with Crippen molar-refractivity contribution >= 4 is 5.78 Å². The van der Waals surface area contributed by atoms with E-state index in [9.17, 15) is 4.79 Å². The second-order valence-corrected chi connectivity index (χ2v) is 4.12. The molecule has 1 aromatic rings. The summed E-state index contributed by atoms with van der Waals surface area (Å²) in [6.45, 7) is 1.73. The highest BCUT2D eigenvalue weighted by molar-refractivity contribution is 5.93. The summed E-state index contributed by atoms with van der Waals surface area (Å²) in [7, 11) is 5.33. The minimum absolute atomic E-state index is 0.0699. The van der Waals surface area contributed by atoms with Gasteiger partial charge in [-0.15, -0.1) is 0 Å². The predicted octanol–water partition coefficient (Wildman–Crippen LogP) is 2.11. The van der Waals surface area contributed by atoms with Gasteiger partial charge in [-0.3, -0.25) is 4.79 Å². The molecule has 0 fully saturated rings. The molecule has 0 aromatic heterocycles. The molecule has 0 saturated carbocycles. The van der Waals surface area contributed by atoms with Crippen molar-refractivity contribution in [2.75, 3.05) is 21.2 Å². The van der Waals surface area contributed by atoms with E-state index < -0.39 is 6.10 Å². The fourth-order valence-corrected chi connectivity index (χ4v) is 1.27. The van der Waals surface area contributed by atoms with Gasteiger partial charge in [-0.1, -0.05) is 0 Å². The third-order valence-corrected chi connectivity index (χ3v) is 2.31. The molecule has 0 radical (unpaired) electrons. The zero-order chi connectivity index (χ0) is 13.5. The monoisotopic (exact) mass is 249 g/mol. The van der Waals surface area contributed by atoms with Gasteiger partial charge in [0.2, 0.25) is 0 Å². The van der Waals surface area contributed by atoms with E-state index >= 15 is 0 Å². The molecular weight excluding hydrogens is 230 g/mol. The first kappa shape index (κ1) is 14.1. The number of benzene rings is 1. The van der Waals surface area contributed by atoms with Crippen LogP contribution in [-0.2, 0) is 4.79 Å². The van der Waals surface area contributed by atoms with Crippen molar-refractivity contribution < 1.29 is 14.3 Å². The summed E-state index contributed by atoms with van der Waals surface area (Å²) in [5.74, 6) is 1.34. The minimum Gasteiger partial charge on any atom is -0.497 e. The van der Waals surface area contributed by atoms with Gasteiger partial charge in [-0.05, 0) is 31.2 Å². The fraction of sp³-hybridized carbons (Fsp3) is 0.357. The van der Waals surface area contributed by atoms with E-state index in [1.165, 1.54) is 6.08 Å². The molecule has 1 atom stereocenters. The molecule has 18 heavy (non-hydrogen) atoms. The van der Waals surface area contributed by atoms with Crippen molar-refractivity contribution in [2.24, 2.45) is 0 Å². The van der Waals surface area contributed by atoms with Crippen LogP contribution < -0.4 is 9.47 Å². The molecule has 0 aliphatic heterocycles. The molecular formula is C14H19NO3. The molecule has 0 heterocycles. The van der Waals surface area contributed by atoms with Crippen LogP contribution in [0, 0.1) is 0 Å². The van der Waals surface area contributed by atoms with E-state index in [4.69, 9.17) is 9.47 Å². The van der Waals surface area contributed by atoms with Crippen LogP contribution in [-0.4, -0.2) is 38.0 Å². The molecule has 1 aromatic carbocycles. The van der Waals surface area contributed by atoms with Crippen LogP contribution in [0.5, 0.6) is 11.5 Å². The van der Waals surface area contributed by atoms with Crippen molar-refractivity contribution in [2.45, 2.75) is 13.0 Å². The highest BCUT2D eigenvalue weighted by Crippen LogP contribution is 2.18. The Kier molecular flexibility index (Phi) is 5.24. The Morgan fingerprint density at radius 3 is 2.28 bits per heavy atom. The Bertz CT molecular complexity index is 410. The predicted molar refractivity (Wildman–Crippen MR) is 70.9 cm³/mol. The number of ketones is 1. The maximum atomic E-state index is 11.7. The molecule has 4 heteroatoms. The van der Waals surface area contributed by atoms with Crippen molar-refractivity contribution in [3.05, 3.63) is 36.5 Å². The summed E-state index contributed by atoms with van der Waals surface area (Å²) in [4.78, 5) is 13.5. The molecule has 0 saturated heterocycles. The Morgan fingerprint density at radius 1 is 1.22 bits per heavy atom. The molecule has 1 rings (SSSR count). The molecule has 0 unspecified atom stereocenters. The third kappa shape index (κ3) is 4.49. The van der Waals surface area contributed by atoms with E-state index in [0.29, 0.717) is 5.75 Å². The maximum absolute atomic E-state index is 11.7. The Balaban J connectivity index is 2.57. The zero-order valence-corrected chi connectivity index (χ0v) is 11.2. The van der Waals surface area contributed by atoms with Crippen LogP contribution >= 0.6 is 0 Å². The third-order valence-electron chi connectivity index (χ3n) is 2.31.